The monoisotopic (exact) mass is 144 g/mol. The Hall–Kier alpha value is -0.530. The van der Waals surface area contributed by atoms with Gasteiger partial charge in [-0.3, -0.25) is 4.79 Å². The van der Waals surface area contributed by atoms with Crippen LogP contribution in [0.2, 0.25) is 0 Å². The SMILES string of the molecule is CCC(C)OC(=O)C(C)C. The molecule has 0 spiro atoms. The molecule has 0 saturated carbocycles. The van der Waals surface area contributed by atoms with Crippen LogP contribution in [0.5, 0.6) is 0 Å². The van der Waals surface area contributed by atoms with E-state index in [1.165, 1.54) is 0 Å². The van der Waals surface area contributed by atoms with Crippen molar-refractivity contribution in [3.63, 3.8) is 0 Å². The Balaban J connectivity index is 3.57. The topological polar surface area (TPSA) is 26.3 Å². The molecule has 1 unspecified atom stereocenters. The quantitative estimate of drug-likeness (QED) is 0.566. The van der Waals surface area contributed by atoms with Crippen LogP contribution in [0.3, 0.4) is 0 Å². The minimum absolute atomic E-state index is 0.00556. The van der Waals surface area contributed by atoms with Crippen LogP contribution >= 0.6 is 0 Å². The van der Waals surface area contributed by atoms with E-state index < -0.39 is 0 Å². The number of carbonyl (C=O) groups is 1. The van der Waals surface area contributed by atoms with Gasteiger partial charge in [-0.25, -0.2) is 0 Å². The summed E-state index contributed by atoms with van der Waals surface area (Å²) in [5.41, 5.74) is 0. The number of esters is 1. The van der Waals surface area contributed by atoms with Gasteiger partial charge < -0.3 is 4.74 Å². The van der Waals surface area contributed by atoms with Crippen molar-refractivity contribution in [3.8, 4) is 0 Å². The standard InChI is InChI=1S/C8H16O2/c1-5-7(4)10-8(9)6(2)3/h6-7H,5H2,1-4H3. The zero-order valence-electron chi connectivity index (χ0n) is 7.18. The molecule has 0 radical (unpaired) electrons. The van der Waals surface area contributed by atoms with Gasteiger partial charge in [0.1, 0.15) is 0 Å². The molecule has 0 heterocycles. The van der Waals surface area contributed by atoms with Gasteiger partial charge in [0.15, 0.2) is 0 Å². The summed E-state index contributed by atoms with van der Waals surface area (Å²) in [6, 6.07) is 0. The van der Waals surface area contributed by atoms with Gasteiger partial charge in [0.2, 0.25) is 0 Å². The van der Waals surface area contributed by atoms with Crippen LogP contribution in [0, 0.1) is 5.92 Å². The first-order valence-corrected chi connectivity index (χ1v) is 3.78. The molecule has 60 valence electrons. The van der Waals surface area contributed by atoms with Crippen molar-refractivity contribution < 1.29 is 9.53 Å². The van der Waals surface area contributed by atoms with E-state index in [9.17, 15) is 4.79 Å². The van der Waals surface area contributed by atoms with Gasteiger partial charge in [0, 0.05) is 0 Å². The number of rotatable bonds is 3. The summed E-state index contributed by atoms with van der Waals surface area (Å²) in [6.07, 6.45) is 0.952. The third-order valence-electron chi connectivity index (χ3n) is 1.36. The smallest absolute Gasteiger partial charge is 0.308 e. The largest absolute Gasteiger partial charge is 0.462 e. The van der Waals surface area contributed by atoms with Crippen LogP contribution in [-0.2, 0) is 9.53 Å². The molecule has 0 rings (SSSR count). The maximum atomic E-state index is 10.9. The van der Waals surface area contributed by atoms with E-state index in [2.05, 4.69) is 0 Å². The summed E-state index contributed by atoms with van der Waals surface area (Å²) in [5, 5.41) is 0. The highest BCUT2D eigenvalue weighted by atomic mass is 16.5. The Kier molecular flexibility index (Phi) is 4.08. The molecular formula is C8H16O2. The zero-order valence-corrected chi connectivity index (χ0v) is 7.18. The Labute approximate surface area is 62.6 Å². The average Bonchev–Trinajstić information content (AvgIpc) is 1.87. The Morgan fingerprint density at radius 2 is 1.90 bits per heavy atom. The van der Waals surface area contributed by atoms with Gasteiger partial charge in [0.05, 0.1) is 12.0 Å². The first-order valence-electron chi connectivity index (χ1n) is 3.78. The van der Waals surface area contributed by atoms with E-state index in [-0.39, 0.29) is 18.0 Å². The molecule has 0 amide bonds. The molecule has 0 bridgehead atoms. The number of hydrogen-bond donors (Lipinski definition) is 0. The van der Waals surface area contributed by atoms with Crippen LogP contribution in [0.15, 0.2) is 0 Å². The molecule has 0 N–H and O–H groups in total. The van der Waals surface area contributed by atoms with Crippen molar-refractivity contribution in [2.45, 2.75) is 40.2 Å². The predicted molar refractivity (Wildman–Crippen MR) is 40.7 cm³/mol. The average molecular weight is 144 g/mol. The highest BCUT2D eigenvalue weighted by Crippen LogP contribution is 2.02. The van der Waals surface area contributed by atoms with Crippen molar-refractivity contribution in [2.24, 2.45) is 5.92 Å². The van der Waals surface area contributed by atoms with Crippen molar-refractivity contribution in [2.75, 3.05) is 0 Å². The van der Waals surface area contributed by atoms with Crippen LogP contribution in [0.4, 0.5) is 0 Å². The second-order valence-electron chi connectivity index (χ2n) is 2.81. The first-order chi connectivity index (χ1) is 4.57. The minimum Gasteiger partial charge on any atom is -0.462 e. The van der Waals surface area contributed by atoms with E-state index in [0.29, 0.717) is 0 Å². The summed E-state index contributed by atoms with van der Waals surface area (Å²) in [5.74, 6) is -0.108. The third kappa shape index (κ3) is 3.49. The lowest BCUT2D eigenvalue weighted by atomic mass is 10.2. The fourth-order valence-corrected chi connectivity index (χ4v) is 0.418. The minimum atomic E-state index is -0.102. The summed E-state index contributed by atoms with van der Waals surface area (Å²) in [7, 11) is 0. The predicted octanol–water partition coefficient (Wildman–Crippen LogP) is 1.98. The highest BCUT2D eigenvalue weighted by molar-refractivity contribution is 5.71. The van der Waals surface area contributed by atoms with Crippen LogP contribution in [-0.4, -0.2) is 12.1 Å². The lowest BCUT2D eigenvalue weighted by molar-refractivity contribution is -0.152. The summed E-state index contributed by atoms with van der Waals surface area (Å²) < 4.78 is 5.02. The first kappa shape index (κ1) is 9.47. The van der Waals surface area contributed by atoms with Crippen molar-refractivity contribution >= 4 is 5.97 Å². The van der Waals surface area contributed by atoms with E-state index in [1.54, 1.807) is 0 Å². The second kappa shape index (κ2) is 4.31. The third-order valence-corrected chi connectivity index (χ3v) is 1.36. The number of hydrogen-bond acceptors (Lipinski definition) is 2. The molecule has 0 fully saturated rings. The Morgan fingerprint density at radius 1 is 1.40 bits per heavy atom. The van der Waals surface area contributed by atoms with Crippen molar-refractivity contribution in [1.29, 1.82) is 0 Å². The molecular weight excluding hydrogens is 128 g/mol. The van der Waals surface area contributed by atoms with Gasteiger partial charge in [-0.15, -0.1) is 0 Å². The van der Waals surface area contributed by atoms with E-state index >= 15 is 0 Å². The van der Waals surface area contributed by atoms with Crippen molar-refractivity contribution in [1.82, 2.24) is 0 Å². The molecule has 0 aromatic carbocycles. The summed E-state index contributed by atoms with van der Waals surface area (Å²) in [6.45, 7) is 7.58. The number of ether oxygens (including phenoxy) is 1. The molecule has 2 heteroatoms. The van der Waals surface area contributed by atoms with Crippen molar-refractivity contribution in [3.05, 3.63) is 0 Å². The summed E-state index contributed by atoms with van der Waals surface area (Å²) >= 11 is 0. The molecule has 10 heavy (non-hydrogen) atoms. The second-order valence-corrected chi connectivity index (χ2v) is 2.81. The van der Waals surface area contributed by atoms with Gasteiger partial charge in [-0.1, -0.05) is 20.8 Å². The molecule has 0 aromatic rings. The Bertz CT molecular complexity index is 108. The maximum absolute atomic E-state index is 10.9. The molecule has 0 aromatic heterocycles. The number of carbonyl (C=O) groups excluding carboxylic acids is 1. The van der Waals surface area contributed by atoms with Gasteiger partial charge in [-0.05, 0) is 13.3 Å². The van der Waals surface area contributed by atoms with Crippen LogP contribution < -0.4 is 0 Å². The normalized spacial score (nSPS) is 13.3. The maximum Gasteiger partial charge on any atom is 0.308 e. The highest BCUT2D eigenvalue weighted by Gasteiger charge is 2.10. The van der Waals surface area contributed by atoms with Gasteiger partial charge in [-0.2, -0.15) is 0 Å². The fourth-order valence-electron chi connectivity index (χ4n) is 0.418. The van der Waals surface area contributed by atoms with E-state index in [1.807, 2.05) is 27.7 Å². The molecule has 0 aliphatic rings. The molecule has 1 atom stereocenters. The fraction of sp³-hybridized carbons (Fsp3) is 0.875. The van der Waals surface area contributed by atoms with Gasteiger partial charge >= 0.3 is 5.97 Å². The van der Waals surface area contributed by atoms with Crippen LogP contribution in [0.1, 0.15) is 34.1 Å². The molecule has 0 aliphatic carbocycles. The lowest BCUT2D eigenvalue weighted by Gasteiger charge is -2.11. The van der Waals surface area contributed by atoms with E-state index in [4.69, 9.17) is 4.74 Å². The zero-order chi connectivity index (χ0) is 8.15. The van der Waals surface area contributed by atoms with E-state index in [0.717, 1.165) is 6.42 Å². The Morgan fingerprint density at radius 3 is 2.20 bits per heavy atom. The summed E-state index contributed by atoms with van der Waals surface area (Å²) in [4.78, 5) is 10.9. The molecule has 2 nitrogen and oxygen atoms in total. The lowest BCUT2D eigenvalue weighted by Crippen LogP contribution is -2.18. The molecule has 0 aliphatic heterocycles. The molecule has 0 saturated heterocycles. The van der Waals surface area contributed by atoms with Crippen LogP contribution in [0.25, 0.3) is 0 Å². The van der Waals surface area contributed by atoms with Gasteiger partial charge in [0.25, 0.3) is 0 Å².